The number of β-amino-alcohol motifs (C(OH)–C–C–N with tert-alkyl or cyclic N) is 1. The van der Waals surface area contributed by atoms with Crippen molar-refractivity contribution in [3.8, 4) is 16.2 Å². The Bertz CT molecular complexity index is 2660. The van der Waals surface area contributed by atoms with Crippen molar-refractivity contribution in [1.29, 1.82) is 0 Å². The largest absolute Gasteiger partial charge is 0.490 e. The fourth-order valence-electron chi connectivity index (χ4n) is 10.1. The van der Waals surface area contributed by atoms with E-state index in [1.807, 2.05) is 42.3 Å². The number of hydrogen-bond donors (Lipinski definition) is 5. The first kappa shape index (κ1) is 52.7. The summed E-state index contributed by atoms with van der Waals surface area (Å²) in [6, 6.07) is 5.58. The van der Waals surface area contributed by atoms with Gasteiger partial charge in [0.25, 0.3) is 5.91 Å². The Labute approximate surface area is 439 Å². The van der Waals surface area contributed by atoms with Gasteiger partial charge in [-0.1, -0.05) is 63.2 Å². The van der Waals surface area contributed by atoms with E-state index in [1.54, 1.807) is 38.7 Å². The van der Waals surface area contributed by atoms with Crippen LogP contribution in [0.5, 0.6) is 5.75 Å². The summed E-state index contributed by atoms with van der Waals surface area (Å²) in [6.07, 6.45) is 9.09. The normalized spacial score (nSPS) is 23.1. The average molecular weight is 1060 g/mol. The van der Waals surface area contributed by atoms with Crippen molar-refractivity contribution in [2.45, 2.75) is 145 Å². The van der Waals surface area contributed by atoms with Crippen molar-refractivity contribution in [3.63, 3.8) is 0 Å². The van der Waals surface area contributed by atoms with Crippen LogP contribution < -0.4 is 31.3 Å². The number of thiazole rings is 1. The van der Waals surface area contributed by atoms with E-state index in [1.165, 1.54) is 28.0 Å². The number of carbonyl (C=O) groups excluding carboxylic acids is 4. The smallest absolute Gasteiger partial charge is 0.258 e. The molecule has 3 saturated heterocycles. The molecule has 1 aromatic carbocycles. The molecule has 5 aliphatic rings. The number of benzene rings is 1. The summed E-state index contributed by atoms with van der Waals surface area (Å²) >= 11 is 9.83. The van der Waals surface area contributed by atoms with Crippen molar-refractivity contribution in [1.82, 2.24) is 40.4 Å². The van der Waals surface area contributed by atoms with Gasteiger partial charge in [-0.25, -0.2) is 24.3 Å². The van der Waals surface area contributed by atoms with E-state index >= 15 is 0 Å². The predicted octanol–water partition coefficient (Wildman–Crippen LogP) is 6.54. The third-order valence-corrected chi connectivity index (χ3v) is 17.7. The highest BCUT2D eigenvalue weighted by molar-refractivity contribution is 7.99. The molecule has 4 aromatic rings. The number of nitrogens with zero attached hydrogens (tertiary/aromatic N) is 7. The molecule has 6 heterocycles. The number of carbonyl (C=O) groups is 4. The number of nitrogens with two attached hydrogens (primary N) is 1. The molecule has 6 N–H and O–H groups in total. The Kier molecular flexibility index (Phi) is 15.6. The zero-order valence-electron chi connectivity index (χ0n) is 42.2. The van der Waals surface area contributed by atoms with Gasteiger partial charge in [0, 0.05) is 68.3 Å². The zero-order chi connectivity index (χ0) is 51.8. The van der Waals surface area contributed by atoms with Crippen molar-refractivity contribution >= 4 is 70.0 Å². The molecule has 2 aliphatic carbocycles. The van der Waals surface area contributed by atoms with E-state index in [-0.39, 0.29) is 61.7 Å². The summed E-state index contributed by atoms with van der Waals surface area (Å²) in [4.78, 5) is 80.1. The number of anilines is 2. The SMILES string of the molecule is Cc1ncsc1-c1ccc(CNC(=O)[C@@H]2C[C@@H](O)CN2C(=O)[C@@H](NC(=O)C2(F)CC2)C(C)(C)C)c(OC2CCC(C(=O)N3CC(Nc4nccc(Sc5cnc(N6CCC(C)(CN)CC6)cn5)c4Cl)C3)CC2)c1. The Balaban J connectivity index is 0.774. The van der Waals surface area contributed by atoms with Gasteiger partial charge in [0.15, 0.2) is 5.67 Å². The molecule has 2 saturated carbocycles. The molecule has 17 nitrogen and oxygen atoms in total. The number of nitrogens with one attached hydrogen (secondary N) is 3. The number of aromatic nitrogens is 4. The molecule has 5 fully saturated rings. The summed E-state index contributed by atoms with van der Waals surface area (Å²) < 4.78 is 21.4. The Morgan fingerprint density at radius 3 is 2.40 bits per heavy atom. The monoisotopic (exact) mass is 1060 g/mol. The van der Waals surface area contributed by atoms with Crippen LogP contribution in [0.25, 0.3) is 10.4 Å². The van der Waals surface area contributed by atoms with E-state index in [2.05, 4.69) is 42.7 Å². The highest BCUT2D eigenvalue weighted by Gasteiger charge is 2.53. The maximum absolute atomic E-state index is 14.7. The minimum atomic E-state index is -1.98. The number of pyridine rings is 1. The molecule has 4 amide bonds. The maximum Gasteiger partial charge on any atom is 0.258 e. The minimum Gasteiger partial charge on any atom is -0.490 e. The number of aliphatic hydroxyl groups is 1. The Morgan fingerprint density at radius 1 is 1.01 bits per heavy atom. The number of rotatable bonds is 16. The predicted molar refractivity (Wildman–Crippen MR) is 279 cm³/mol. The molecule has 0 radical (unpaired) electrons. The number of alkyl halides is 1. The van der Waals surface area contributed by atoms with Crippen LogP contribution in [0, 0.1) is 23.7 Å². The van der Waals surface area contributed by atoms with Crippen LogP contribution in [0.3, 0.4) is 0 Å². The number of likely N-dealkylation sites (tertiary alicyclic amines) is 2. The van der Waals surface area contributed by atoms with Gasteiger partial charge in [-0.3, -0.25) is 19.2 Å². The number of amides is 4. The minimum absolute atomic E-state index is 0.000327. The molecule has 21 heteroatoms. The summed E-state index contributed by atoms with van der Waals surface area (Å²) in [5, 5.41) is 21.0. The first-order chi connectivity index (χ1) is 34.8. The van der Waals surface area contributed by atoms with Crippen molar-refractivity contribution in [2.24, 2.45) is 22.5 Å². The third kappa shape index (κ3) is 12.0. The molecular weight excluding hydrogens is 993 g/mol. The van der Waals surface area contributed by atoms with Gasteiger partial charge in [-0.05, 0) is 93.4 Å². The van der Waals surface area contributed by atoms with E-state index < -0.39 is 47.0 Å². The lowest BCUT2D eigenvalue weighted by Gasteiger charge is -2.42. The quantitative estimate of drug-likeness (QED) is 0.0804. The Hall–Kier alpha value is -5.15. The van der Waals surface area contributed by atoms with Crippen LogP contribution in [-0.4, -0.2) is 134 Å². The van der Waals surface area contributed by atoms with Gasteiger partial charge < -0.3 is 46.2 Å². The first-order valence-electron chi connectivity index (χ1n) is 25.4. The molecule has 392 valence electrons. The van der Waals surface area contributed by atoms with E-state index in [4.69, 9.17) is 27.1 Å². The number of aryl methyl sites for hydroxylation is 1. The van der Waals surface area contributed by atoms with Crippen molar-refractivity contribution < 1.29 is 33.4 Å². The Morgan fingerprint density at radius 2 is 1.75 bits per heavy atom. The molecular formula is C52H67ClFN11O6S2. The van der Waals surface area contributed by atoms with Crippen LogP contribution in [0.15, 0.2) is 58.3 Å². The number of ether oxygens (including phenoxy) is 1. The summed E-state index contributed by atoms with van der Waals surface area (Å²) in [5.41, 5.74) is 7.72. The van der Waals surface area contributed by atoms with E-state index in [0.717, 1.165) is 63.4 Å². The summed E-state index contributed by atoms with van der Waals surface area (Å²) in [7, 11) is 0. The van der Waals surface area contributed by atoms with Crippen LogP contribution in [0.4, 0.5) is 16.0 Å². The molecule has 73 heavy (non-hydrogen) atoms. The molecule has 0 unspecified atom stereocenters. The molecule has 3 aromatic heterocycles. The second kappa shape index (κ2) is 21.6. The van der Waals surface area contributed by atoms with Gasteiger partial charge in [0.1, 0.15) is 34.5 Å². The highest BCUT2D eigenvalue weighted by atomic mass is 35.5. The van der Waals surface area contributed by atoms with Gasteiger partial charge in [0.2, 0.25) is 17.7 Å². The van der Waals surface area contributed by atoms with E-state index in [0.29, 0.717) is 61.9 Å². The van der Waals surface area contributed by atoms with E-state index in [9.17, 15) is 28.7 Å². The second-order valence-corrected chi connectivity index (χ2v) is 24.2. The topological polar surface area (TPSA) is 221 Å². The molecule has 0 spiro atoms. The van der Waals surface area contributed by atoms with Crippen LogP contribution in [0.1, 0.15) is 96.7 Å². The van der Waals surface area contributed by atoms with Crippen LogP contribution in [0.2, 0.25) is 5.02 Å². The lowest BCUT2D eigenvalue weighted by Crippen LogP contribution is -2.59. The van der Waals surface area contributed by atoms with Crippen LogP contribution in [-0.2, 0) is 25.7 Å². The number of aliphatic hydroxyl groups excluding tert-OH is 1. The lowest BCUT2D eigenvalue weighted by atomic mass is 9.80. The molecule has 9 rings (SSSR count). The van der Waals surface area contributed by atoms with Gasteiger partial charge in [-0.15, -0.1) is 11.3 Å². The molecule has 3 aliphatic heterocycles. The number of halogens is 2. The van der Waals surface area contributed by atoms with Crippen molar-refractivity contribution in [2.75, 3.05) is 49.5 Å². The standard InChI is InChI=1S/C52H67ClFN11O6S2/c1-30-43(72-29-60-30)32-6-7-33(22-59-46(67)37-21-35(66)27-65(37)48(69)44(50(2,3)4)62-49(70)52(54)13-14-52)38(20-32)71-36-10-8-31(9-11-36)47(68)64-25-34(26-64)61-45-42(53)39(12-17-56-45)73-41-24-57-40(23-58-41)63-18-15-51(5,28-55)16-19-63/h6-7,12,17,20,23-24,29,31,34-37,44,66H,8-11,13-16,18-19,21-22,25-28,55H2,1-5H3,(H,56,61)(H,59,67)(H,62,70)/t31?,35-,36?,37+,44-/m1/s1. The highest BCUT2D eigenvalue weighted by Crippen LogP contribution is 2.42. The fraction of sp³-hybridized carbons (Fsp3) is 0.577. The summed E-state index contributed by atoms with van der Waals surface area (Å²) in [6.45, 7) is 13.0. The zero-order valence-corrected chi connectivity index (χ0v) is 44.6. The first-order valence-corrected chi connectivity index (χ1v) is 27.5. The maximum atomic E-state index is 14.7. The van der Waals surface area contributed by atoms with Crippen molar-refractivity contribution in [3.05, 3.63) is 64.6 Å². The average Bonchev–Trinajstić information content (AvgIpc) is 3.77. The van der Waals surface area contributed by atoms with Gasteiger partial charge >= 0.3 is 0 Å². The molecule has 3 atom stereocenters. The van der Waals surface area contributed by atoms with Gasteiger partial charge in [0.05, 0.1) is 51.7 Å². The lowest BCUT2D eigenvalue weighted by molar-refractivity contribution is -0.145. The van der Waals surface area contributed by atoms with Crippen LogP contribution >= 0.6 is 34.7 Å². The third-order valence-electron chi connectivity index (χ3n) is 15.2. The second-order valence-electron chi connectivity index (χ2n) is 21.9. The number of hydrogen-bond acceptors (Lipinski definition) is 15. The molecule has 0 bridgehead atoms. The fourth-order valence-corrected chi connectivity index (χ4v) is 11.9. The summed E-state index contributed by atoms with van der Waals surface area (Å²) in [5.74, 6) is 0.153. The number of piperidine rings is 1. The van der Waals surface area contributed by atoms with Gasteiger partial charge in [-0.2, -0.15) is 0 Å².